The Labute approximate surface area is 132 Å². The number of rotatable bonds is 5. The Morgan fingerprint density at radius 3 is 2.00 bits per heavy atom. The van der Waals surface area contributed by atoms with Crippen molar-refractivity contribution in [1.29, 1.82) is 0 Å². The number of aryl methyl sites for hydroxylation is 3. The van der Waals surface area contributed by atoms with Crippen LogP contribution in [0.15, 0.2) is 12.1 Å². The molecule has 106 valence electrons. The number of alkyl halides is 2. The van der Waals surface area contributed by atoms with Gasteiger partial charge in [-0.15, -0.1) is 0 Å². The summed E-state index contributed by atoms with van der Waals surface area (Å²) in [6, 6.07) is 4.11. The van der Waals surface area contributed by atoms with Crippen molar-refractivity contribution in [1.82, 2.24) is 5.32 Å². The van der Waals surface area contributed by atoms with E-state index in [9.17, 15) is 4.79 Å². The first kappa shape index (κ1) is 16.7. The molecule has 0 heterocycles. The molecule has 0 aromatic heterocycles. The van der Waals surface area contributed by atoms with Gasteiger partial charge in [0.15, 0.2) is 0 Å². The first-order chi connectivity index (χ1) is 8.89. The first-order valence-corrected chi connectivity index (χ1v) is 8.65. The molecule has 1 amide bonds. The molecule has 0 fully saturated rings. The van der Waals surface area contributed by atoms with E-state index in [4.69, 9.17) is 0 Å². The van der Waals surface area contributed by atoms with Crippen LogP contribution in [0.1, 0.15) is 40.4 Å². The van der Waals surface area contributed by atoms with Gasteiger partial charge in [-0.2, -0.15) is 0 Å². The molecule has 0 saturated carbocycles. The number of amides is 1. The zero-order chi connectivity index (χ0) is 14.6. The Balaban J connectivity index is 3.08. The monoisotopic (exact) mass is 389 g/mol. The van der Waals surface area contributed by atoms with Crippen molar-refractivity contribution in [2.75, 3.05) is 10.7 Å². The molecule has 1 N–H and O–H groups in total. The minimum atomic E-state index is -0.235. The van der Waals surface area contributed by atoms with E-state index < -0.39 is 0 Å². The van der Waals surface area contributed by atoms with Gasteiger partial charge in [-0.25, -0.2) is 0 Å². The van der Waals surface area contributed by atoms with Gasteiger partial charge in [0.05, 0.1) is 5.54 Å². The number of carbonyl (C=O) groups excluding carboxylic acids is 1. The van der Waals surface area contributed by atoms with Crippen molar-refractivity contribution < 1.29 is 4.79 Å². The molecular formula is C15H21Br2NO. The van der Waals surface area contributed by atoms with Gasteiger partial charge in [0.2, 0.25) is 0 Å². The Morgan fingerprint density at radius 1 is 1.16 bits per heavy atom. The van der Waals surface area contributed by atoms with Crippen LogP contribution in [0.4, 0.5) is 0 Å². The largest absolute Gasteiger partial charge is 0.345 e. The molecule has 0 spiro atoms. The van der Waals surface area contributed by atoms with Crippen LogP contribution in [-0.2, 0) is 0 Å². The van der Waals surface area contributed by atoms with Crippen LogP contribution in [0.25, 0.3) is 0 Å². The van der Waals surface area contributed by atoms with E-state index >= 15 is 0 Å². The van der Waals surface area contributed by atoms with Crippen LogP contribution in [-0.4, -0.2) is 22.1 Å². The van der Waals surface area contributed by atoms with Crippen LogP contribution in [0.5, 0.6) is 0 Å². The number of hydrogen-bond acceptors (Lipinski definition) is 1. The van der Waals surface area contributed by atoms with Crippen molar-refractivity contribution >= 4 is 37.8 Å². The van der Waals surface area contributed by atoms with Gasteiger partial charge < -0.3 is 5.32 Å². The van der Waals surface area contributed by atoms with Gasteiger partial charge in [-0.05, 0) is 38.3 Å². The fourth-order valence-electron chi connectivity index (χ4n) is 2.22. The Hall–Kier alpha value is -0.350. The molecule has 0 radical (unpaired) electrons. The lowest BCUT2D eigenvalue weighted by Gasteiger charge is -2.30. The number of hydrogen-bond donors (Lipinski definition) is 1. The van der Waals surface area contributed by atoms with Crippen LogP contribution >= 0.6 is 31.9 Å². The van der Waals surface area contributed by atoms with Crippen molar-refractivity contribution in [3.8, 4) is 0 Å². The predicted octanol–water partition coefficient (Wildman–Crippen LogP) is 4.28. The van der Waals surface area contributed by atoms with Gasteiger partial charge in [-0.1, -0.05) is 56.5 Å². The van der Waals surface area contributed by atoms with E-state index in [1.165, 1.54) is 5.56 Å². The highest BCUT2D eigenvalue weighted by Crippen LogP contribution is 2.21. The standard InChI is InChI=1S/C15H21Br2NO/c1-5-15(8-16,9-17)18-14(19)13-11(3)6-10(2)7-12(13)4/h6-7H,5,8-9H2,1-4H3,(H,18,19). The molecular weight excluding hydrogens is 370 g/mol. The first-order valence-electron chi connectivity index (χ1n) is 6.41. The Kier molecular flexibility index (Phi) is 6.06. The van der Waals surface area contributed by atoms with E-state index in [0.717, 1.165) is 33.8 Å². The molecule has 0 saturated heterocycles. The molecule has 0 aliphatic carbocycles. The quantitative estimate of drug-likeness (QED) is 0.747. The normalized spacial score (nSPS) is 11.5. The zero-order valence-electron chi connectivity index (χ0n) is 11.9. The number of halogens is 2. The van der Waals surface area contributed by atoms with Crippen molar-refractivity contribution in [3.63, 3.8) is 0 Å². The van der Waals surface area contributed by atoms with Crippen LogP contribution < -0.4 is 5.32 Å². The summed E-state index contributed by atoms with van der Waals surface area (Å²) in [7, 11) is 0. The van der Waals surface area contributed by atoms with Gasteiger partial charge in [0.25, 0.3) is 5.91 Å². The lowest BCUT2D eigenvalue weighted by molar-refractivity contribution is 0.0914. The summed E-state index contributed by atoms with van der Waals surface area (Å²) in [4.78, 5) is 12.5. The molecule has 0 bridgehead atoms. The number of benzene rings is 1. The van der Waals surface area contributed by atoms with Crippen molar-refractivity contribution in [2.24, 2.45) is 0 Å². The molecule has 1 rings (SSSR count). The fourth-order valence-corrected chi connectivity index (χ4v) is 4.22. The number of carbonyl (C=O) groups is 1. The molecule has 1 aromatic carbocycles. The SMILES string of the molecule is CCC(CBr)(CBr)NC(=O)c1c(C)cc(C)cc1C. The highest BCUT2D eigenvalue weighted by atomic mass is 79.9. The van der Waals surface area contributed by atoms with E-state index in [2.05, 4.69) is 63.2 Å². The van der Waals surface area contributed by atoms with E-state index in [0.29, 0.717) is 0 Å². The van der Waals surface area contributed by atoms with Gasteiger partial charge in [0.1, 0.15) is 0 Å². The summed E-state index contributed by atoms with van der Waals surface area (Å²) >= 11 is 7.00. The molecule has 0 aliphatic rings. The van der Waals surface area contributed by atoms with Gasteiger partial charge >= 0.3 is 0 Å². The Bertz CT molecular complexity index is 436. The summed E-state index contributed by atoms with van der Waals surface area (Å²) < 4.78 is 0. The van der Waals surface area contributed by atoms with E-state index in [1.807, 2.05) is 13.8 Å². The summed E-state index contributed by atoms with van der Waals surface area (Å²) in [5, 5.41) is 4.63. The third kappa shape index (κ3) is 3.82. The highest BCUT2D eigenvalue weighted by Gasteiger charge is 2.29. The molecule has 0 atom stereocenters. The maximum Gasteiger partial charge on any atom is 0.252 e. The molecule has 1 aromatic rings. The van der Waals surface area contributed by atoms with E-state index in [-0.39, 0.29) is 11.4 Å². The van der Waals surface area contributed by atoms with Crippen LogP contribution in [0.3, 0.4) is 0 Å². The summed E-state index contributed by atoms with van der Waals surface area (Å²) in [6.45, 7) is 8.11. The second-order valence-corrected chi connectivity index (χ2v) is 6.25. The second kappa shape index (κ2) is 6.89. The van der Waals surface area contributed by atoms with Crippen molar-refractivity contribution in [2.45, 2.75) is 39.7 Å². The topological polar surface area (TPSA) is 29.1 Å². The lowest BCUT2D eigenvalue weighted by atomic mass is 9.96. The highest BCUT2D eigenvalue weighted by molar-refractivity contribution is 9.09. The minimum Gasteiger partial charge on any atom is -0.345 e. The predicted molar refractivity (Wildman–Crippen MR) is 88.7 cm³/mol. The molecule has 0 aliphatic heterocycles. The maximum absolute atomic E-state index is 12.5. The summed E-state index contributed by atoms with van der Waals surface area (Å²) in [6.07, 6.45) is 0.874. The third-order valence-corrected chi connectivity index (χ3v) is 5.62. The fraction of sp³-hybridized carbons (Fsp3) is 0.533. The molecule has 2 nitrogen and oxygen atoms in total. The molecule has 0 unspecified atom stereocenters. The average Bonchev–Trinajstić information content (AvgIpc) is 2.35. The Morgan fingerprint density at radius 2 is 1.63 bits per heavy atom. The van der Waals surface area contributed by atoms with Crippen molar-refractivity contribution in [3.05, 3.63) is 34.4 Å². The minimum absolute atomic E-state index is 0.00995. The number of nitrogens with one attached hydrogen (secondary N) is 1. The lowest BCUT2D eigenvalue weighted by Crippen LogP contribution is -2.51. The maximum atomic E-state index is 12.5. The average molecular weight is 391 g/mol. The van der Waals surface area contributed by atoms with E-state index in [1.54, 1.807) is 0 Å². The molecule has 4 heteroatoms. The summed E-state index contributed by atoms with van der Waals surface area (Å²) in [5.41, 5.74) is 3.81. The van der Waals surface area contributed by atoms with Gasteiger partial charge in [-0.3, -0.25) is 4.79 Å². The summed E-state index contributed by atoms with van der Waals surface area (Å²) in [5.74, 6) is 0.00995. The smallest absolute Gasteiger partial charge is 0.252 e. The van der Waals surface area contributed by atoms with Crippen LogP contribution in [0.2, 0.25) is 0 Å². The zero-order valence-corrected chi connectivity index (χ0v) is 15.1. The van der Waals surface area contributed by atoms with Gasteiger partial charge in [0, 0.05) is 16.2 Å². The third-order valence-electron chi connectivity index (χ3n) is 3.47. The molecule has 19 heavy (non-hydrogen) atoms. The van der Waals surface area contributed by atoms with Crippen LogP contribution in [0, 0.1) is 20.8 Å². The second-order valence-electron chi connectivity index (χ2n) is 5.13.